The van der Waals surface area contributed by atoms with Crippen molar-refractivity contribution in [3.63, 3.8) is 0 Å². The van der Waals surface area contributed by atoms with E-state index in [9.17, 15) is 0 Å². The molecule has 0 unspecified atom stereocenters. The van der Waals surface area contributed by atoms with Crippen molar-refractivity contribution in [2.24, 2.45) is 0 Å². The van der Waals surface area contributed by atoms with Crippen LogP contribution in [-0.2, 0) is 0 Å². The monoisotopic (exact) mass is 254 g/mol. The number of hydrogen-bond acceptors (Lipinski definition) is 2. The van der Waals surface area contributed by atoms with E-state index in [2.05, 4.69) is 57.0 Å². The summed E-state index contributed by atoms with van der Waals surface area (Å²) in [5.74, 6) is 3.58. The van der Waals surface area contributed by atoms with Gasteiger partial charge in [-0.3, -0.25) is 0 Å². The van der Waals surface area contributed by atoms with Crippen LogP contribution in [0.1, 0.15) is 5.82 Å². The van der Waals surface area contributed by atoms with Crippen molar-refractivity contribution < 1.29 is 0 Å². The summed E-state index contributed by atoms with van der Waals surface area (Å²) < 4.78 is 0.881. The third-order valence-electron chi connectivity index (χ3n) is 1.17. The first-order chi connectivity index (χ1) is 5.97. The highest BCUT2D eigenvalue weighted by atomic mass is 79.9. The molecule has 2 nitrogen and oxygen atoms in total. The molecule has 68 valence electrons. The molecule has 0 N–H and O–H groups in total. The van der Waals surface area contributed by atoms with Crippen LogP contribution in [0.5, 0.6) is 0 Å². The van der Waals surface area contributed by atoms with Gasteiger partial charge < -0.3 is 0 Å². The van der Waals surface area contributed by atoms with Gasteiger partial charge in [-0.25, -0.2) is 9.97 Å². The van der Waals surface area contributed by atoms with E-state index < -0.39 is 8.07 Å². The van der Waals surface area contributed by atoms with Gasteiger partial charge in [-0.1, -0.05) is 19.6 Å². The lowest BCUT2D eigenvalue weighted by Crippen LogP contribution is -2.16. The Morgan fingerprint density at radius 2 is 1.77 bits per heavy atom. The zero-order valence-electron chi connectivity index (χ0n) is 7.93. The largest absolute Gasteiger partial charge is 0.228 e. The number of halogens is 1. The molecule has 4 heteroatoms. The molecule has 0 spiro atoms. The van der Waals surface area contributed by atoms with E-state index in [-0.39, 0.29) is 0 Å². The van der Waals surface area contributed by atoms with Crippen LogP contribution in [0.3, 0.4) is 0 Å². The molecule has 0 aliphatic heterocycles. The SMILES string of the molecule is C[Si](C)(C)C#Cc1ncc(Br)cn1. The maximum Gasteiger partial charge on any atom is 0.204 e. The van der Waals surface area contributed by atoms with Crippen LogP contribution in [0.2, 0.25) is 19.6 Å². The molecular formula is C9H11BrN2Si. The Bertz CT molecular complexity index is 343. The topological polar surface area (TPSA) is 25.8 Å². The van der Waals surface area contributed by atoms with E-state index in [0.717, 1.165) is 4.47 Å². The predicted octanol–water partition coefficient (Wildman–Crippen LogP) is 2.47. The fourth-order valence-corrected chi connectivity index (χ4v) is 1.31. The van der Waals surface area contributed by atoms with Crippen LogP contribution < -0.4 is 0 Å². The number of aromatic nitrogens is 2. The Kier molecular flexibility index (Phi) is 3.23. The first-order valence-electron chi connectivity index (χ1n) is 3.98. The minimum absolute atomic E-state index is 0.602. The highest BCUT2D eigenvalue weighted by molar-refractivity contribution is 9.10. The zero-order chi connectivity index (χ0) is 9.90. The molecule has 0 atom stereocenters. The van der Waals surface area contributed by atoms with Crippen molar-refractivity contribution in [1.29, 1.82) is 0 Å². The lowest BCUT2D eigenvalue weighted by molar-refractivity contribution is 1.11. The molecule has 0 saturated carbocycles. The Morgan fingerprint density at radius 1 is 1.23 bits per heavy atom. The van der Waals surface area contributed by atoms with Gasteiger partial charge in [-0.15, -0.1) is 5.54 Å². The van der Waals surface area contributed by atoms with E-state index in [1.165, 1.54) is 0 Å². The minimum atomic E-state index is -1.31. The maximum absolute atomic E-state index is 4.07. The molecule has 0 amide bonds. The molecule has 1 aromatic heterocycles. The van der Waals surface area contributed by atoms with E-state index in [0.29, 0.717) is 5.82 Å². The quantitative estimate of drug-likeness (QED) is 0.525. The molecule has 0 radical (unpaired) electrons. The van der Waals surface area contributed by atoms with Crippen molar-refractivity contribution in [1.82, 2.24) is 9.97 Å². The van der Waals surface area contributed by atoms with Crippen LogP contribution >= 0.6 is 15.9 Å². The van der Waals surface area contributed by atoms with Crippen molar-refractivity contribution in [2.45, 2.75) is 19.6 Å². The van der Waals surface area contributed by atoms with Gasteiger partial charge >= 0.3 is 0 Å². The normalized spacial score (nSPS) is 10.5. The third-order valence-corrected chi connectivity index (χ3v) is 2.45. The lowest BCUT2D eigenvalue weighted by Gasteiger charge is -2.02. The third kappa shape index (κ3) is 4.20. The Labute approximate surface area is 87.9 Å². The van der Waals surface area contributed by atoms with Gasteiger partial charge in [-0.05, 0) is 21.9 Å². The minimum Gasteiger partial charge on any atom is -0.228 e. The van der Waals surface area contributed by atoms with Gasteiger partial charge in [0.2, 0.25) is 5.82 Å². The highest BCUT2D eigenvalue weighted by Gasteiger charge is 2.07. The Balaban J connectivity index is 2.85. The van der Waals surface area contributed by atoms with Gasteiger partial charge in [-0.2, -0.15) is 0 Å². The summed E-state index contributed by atoms with van der Waals surface area (Å²) in [5.41, 5.74) is 3.21. The lowest BCUT2D eigenvalue weighted by atomic mass is 10.6. The molecule has 0 bridgehead atoms. The van der Waals surface area contributed by atoms with Crippen molar-refractivity contribution >= 4 is 24.0 Å². The van der Waals surface area contributed by atoms with Gasteiger partial charge in [0.15, 0.2) is 0 Å². The average molecular weight is 255 g/mol. The predicted molar refractivity (Wildman–Crippen MR) is 60.0 cm³/mol. The molecule has 0 aliphatic rings. The van der Waals surface area contributed by atoms with Crippen LogP contribution in [0.25, 0.3) is 0 Å². The summed E-state index contributed by atoms with van der Waals surface area (Å²) in [5, 5.41) is 0. The molecule has 0 fully saturated rings. The number of nitrogens with zero attached hydrogens (tertiary/aromatic N) is 2. The fraction of sp³-hybridized carbons (Fsp3) is 0.333. The van der Waals surface area contributed by atoms with Gasteiger partial charge in [0.05, 0.1) is 4.47 Å². The second kappa shape index (κ2) is 4.03. The van der Waals surface area contributed by atoms with E-state index in [1.807, 2.05) is 0 Å². The first-order valence-corrected chi connectivity index (χ1v) is 8.27. The molecule has 1 aromatic rings. The summed E-state index contributed by atoms with van der Waals surface area (Å²) in [6, 6.07) is 0. The Morgan fingerprint density at radius 3 is 2.23 bits per heavy atom. The van der Waals surface area contributed by atoms with Crippen molar-refractivity contribution in [2.75, 3.05) is 0 Å². The molecular weight excluding hydrogens is 244 g/mol. The van der Waals surface area contributed by atoms with Crippen LogP contribution in [0, 0.1) is 11.5 Å². The second-order valence-corrected chi connectivity index (χ2v) is 9.39. The van der Waals surface area contributed by atoms with Gasteiger partial charge in [0.1, 0.15) is 8.07 Å². The summed E-state index contributed by atoms with van der Waals surface area (Å²) in [6.45, 7) is 6.58. The number of rotatable bonds is 0. The number of hydrogen-bond donors (Lipinski definition) is 0. The van der Waals surface area contributed by atoms with E-state index in [1.54, 1.807) is 12.4 Å². The smallest absolute Gasteiger partial charge is 0.204 e. The van der Waals surface area contributed by atoms with Gasteiger partial charge in [0.25, 0.3) is 0 Å². The summed E-state index contributed by atoms with van der Waals surface area (Å²) in [7, 11) is -1.31. The summed E-state index contributed by atoms with van der Waals surface area (Å²) in [6.07, 6.45) is 3.42. The molecule has 1 rings (SSSR count). The van der Waals surface area contributed by atoms with Crippen molar-refractivity contribution in [3.05, 3.63) is 22.7 Å². The molecule has 0 saturated heterocycles. The van der Waals surface area contributed by atoms with E-state index in [4.69, 9.17) is 0 Å². The summed E-state index contributed by atoms with van der Waals surface area (Å²) >= 11 is 3.27. The van der Waals surface area contributed by atoms with E-state index >= 15 is 0 Å². The van der Waals surface area contributed by atoms with Crippen LogP contribution in [0.4, 0.5) is 0 Å². The zero-order valence-corrected chi connectivity index (χ0v) is 10.5. The average Bonchev–Trinajstić information content (AvgIpc) is 2.02. The molecule has 0 aliphatic carbocycles. The molecule has 1 heterocycles. The van der Waals surface area contributed by atoms with Crippen LogP contribution in [0.15, 0.2) is 16.9 Å². The Hall–Kier alpha value is -0.663. The summed E-state index contributed by atoms with van der Waals surface area (Å²) in [4.78, 5) is 8.14. The molecule has 13 heavy (non-hydrogen) atoms. The molecule has 0 aromatic carbocycles. The van der Waals surface area contributed by atoms with Crippen LogP contribution in [-0.4, -0.2) is 18.0 Å². The van der Waals surface area contributed by atoms with Gasteiger partial charge in [0, 0.05) is 12.4 Å². The first kappa shape index (κ1) is 10.4. The standard InChI is InChI=1S/C9H11BrN2Si/c1-13(2,3)5-4-9-11-6-8(10)7-12-9/h6-7H,1-3H3. The maximum atomic E-state index is 4.07. The highest BCUT2D eigenvalue weighted by Crippen LogP contribution is 2.04. The second-order valence-electron chi connectivity index (χ2n) is 3.72. The fourth-order valence-electron chi connectivity index (χ4n) is 0.620. The van der Waals surface area contributed by atoms with Crippen molar-refractivity contribution in [3.8, 4) is 11.5 Å².